The van der Waals surface area contributed by atoms with E-state index in [1.54, 1.807) is 34.1 Å². The zero-order valence-electron chi connectivity index (χ0n) is 15.7. The summed E-state index contributed by atoms with van der Waals surface area (Å²) in [7, 11) is 0. The molecule has 3 aliphatic rings. The van der Waals surface area contributed by atoms with Gasteiger partial charge in [0.05, 0.1) is 23.2 Å². The van der Waals surface area contributed by atoms with E-state index in [4.69, 9.17) is 10.5 Å². The Kier molecular flexibility index (Phi) is 4.13. The van der Waals surface area contributed by atoms with Crippen LogP contribution < -0.4 is 5.73 Å². The lowest BCUT2D eigenvalue weighted by molar-refractivity contribution is 0.0649. The molecule has 2 N–H and O–H groups in total. The zero-order valence-corrected chi connectivity index (χ0v) is 15.7. The van der Waals surface area contributed by atoms with Crippen LogP contribution in [0.4, 0.5) is 4.79 Å². The Morgan fingerprint density at radius 3 is 2.63 bits per heavy atom. The number of hydrogen-bond donors (Lipinski definition) is 1. The number of cyclic esters (lactones) is 1. The van der Waals surface area contributed by atoms with Crippen LogP contribution in [0, 0.1) is 0 Å². The van der Waals surface area contributed by atoms with E-state index in [1.807, 2.05) is 6.92 Å². The smallest absolute Gasteiger partial charge is 0.412 e. The predicted molar refractivity (Wildman–Crippen MR) is 98.0 cm³/mol. The Morgan fingerprint density at radius 2 is 1.96 bits per heavy atom. The van der Waals surface area contributed by atoms with Gasteiger partial charge in [-0.15, -0.1) is 0 Å². The van der Waals surface area contributed by atoms with Crippen molar-refractivity contribution >= 4 is 17.9 Å². The van der Waals surface area contributed by atoms with Gasteiger partial charge in [0.25, 0.3) is 5.91 Å². The summed E-state index contributed by atoms with van der Waals surface area (Å²) in [5.41, 5.74) is 5.39. The monoisotopic (exact) mass is 371 g/mol. The lowest BCUT2D eigenvalue weighted by Gasteiger charge is -2.17. The molecule has 4 atom stereocenters. The van der Waals surface area contributed by atoms with Gasteiger partial charge in [0.1, 0.15) is 6.10 Å². The molecule has 1 spiro atoms. The third kappa shape index (κ3) is 2.51. The van der Waals surface area contributed by atoms with Gasteiger partial charge in [0, 0.05) is 6.42 Å². The summed E-state index contributed by atoms with van der Waals surface area (Å²) in [5, 5.41) is 0. The van der Waals surface area contributed by atoms with Crippen LogP contribution in [0.5, 0.6) is 0 Å². The average Bonchev–Trinajstić information content (AvgIpc) is 3.49. The van der Waals surface area contributed by atoms with Gasteiger partial charge in [-0.1, -0.05) is 38.3 Å². The van der Waals surface area contributed by atoms with Crippen LogP contribution >= 0.6 is 0 Å². The van der Waals surface area contributed by atoms with Gasteiger partial charge >= 0.3 is 6.09 Å². The summed E-state index contributed by atoms with van der Waals surface area (Å²) in [6, 6.07) is 6.57. The van der Waals surface area contributed by atoms with Crippen LogP contribution in [0.25, 0.3) is 0 Å². The van der Waals surface area contributed by atoms with Crippen molar-refractivity contribution < 1.29 is 19.1 Å². The molecule has 7 nitrogen and oxygen atoms in total. The number of amides is 3. The molecule has 7 heteroatoms. The molecule has 3 aliphatic heterocycles. The number of nitrogens with two attached hydrogens (primary N) is 1. The van der Waals surface area contributed by atoms with E-state index in [2.05, 4.69) is 6.92 Å². The lowest BCUT2D eigenvalue weighted by atomic mass is 10.1. The van der Waals surface area contributed by atoms with Gasteiger partial charge in [-0.05, 0) is 25.5 Å². The van der Waals surface area contributed by atoms with E-state index in [9.17, 15) is 14.4 Å². The molecule has 4 rings (SSSR count). The lowest BCUT2D eigenvalue weighted by Crippen LogP contribution is -2.28. The van der Waals surface area contributed by atoms with Gasteiger partial charge in [0.2, 0.25) is 5.91 Å². The van der Waals surface area contributed by atoms with Gasteiger partial charge in [0.15, 0.2) is 5.66 Å². The first kappa shape index (κ1) is 17.8. The number of unbranched alkanes of at least 4 members (excludes halogenated alkanes) is 2. The highest BCUT2D eigenvalue weighted by Crippen LogP contribution is 2.65. The minimum absolute atomic E-state index is 0.00469. The van der Waals surface area contributed by atoms with Gasteiger partial charge in [-0.25, -0.2) is 4.79 Å². The number of benzene rings is 1. The zero-order chi connectivity index (χ0) is 19.3. The molecule has 0 radical (unpaired) electrons. The molecule has 0 saturated carbocycles. The fourth-order valence-corrected chi connectivity index (χ4v) is 4.76. The van der Waals surface area contributed by atoms with Crippen molar-refractivity contribution in [3.8, 4) is 0 Å². The number of hydrogen-bond acceptors (Lipinski definition) is 4. The Morgan fingerprint density at radius 1 is 1.26 bits per heavy atom. The number of rotatable bonds is 6. The average molecular weight is 371 g/mol. The van der Waals surface area contributed by atoms with Crippen LogP contribution in [-0.2, 0) is 4.74 Å². The fraction of sp³-hybridized carbons (Fsp3) is 0.550. The van der Waals surface area contributed by atoms with Crippen molar-refractivity contribution in [3.63, 3.8) is 0 Å². The van der Waals surface area contributed by atoms with Crippen molar-refractivity contribution in [2.24, 2.45) is 5.73 Å². The summed E-state index contributed by atoms with van der Waals surface area (Å²) >= 11 is 0. The third-order valence-electron chi connectivity index (χ3n) is 6.02. The van der Waals surface area contributed by atoms with Crippen LogP contribution in [0.15, 0.2) is 24.3 Å². The van der Waals surface area contributed by atoms with Gasteiger partial charge in [-0.3, -0.25) is 14.5 Å². The highest BCUT2D eigenvalue weighted by atomic mass is 16.6. The van der Waals surface area contributed by atoms with E-state index in [0.717, 1.165) is 32.1 Å². The van der Waals surface area contributed by atoms with E-state index in [0.29, 0.717) is 5.56 Å². The summed E-state index contributed by atoms with van der Waals surface area (Å²) in [4.78, 5) is 40.9. The standard InChI is InChI=1S/C20H25N3O4/c1-3-4-5-10-15-20(16-11-12(2)27-19(26)23(16)20)22(15)18(25)14-9-7-6-8-13(14)17(21)24/h6-9,12,15-16H,3-5,10-11H2,1-2H3,(H2,21,24)/t12-,15-,16?,20+,22?,23?/m0/s1. The molecule has 3 fully saturated rings. The molecule has 0 bridgehead atoms. The maximum Gasteiger partial charge on any atom is 0.412 e. The second-order valence-corrected chi connectivity index (χ2v) is 7.70. The molecule has 3 saturated heterocycles. The van der Waals surface area contributed by atoms with E-state index in [1.165, 1.54) is 0 Å². The van der Waals surface area contributed by atoms with Crippen molar-refractivity contribution in [3.05, 3.63) is 35.4 Å². The van der Waals surface area contributed by atoms with Crippen molar-refractivity contribution in [2.45, 2.75) is 69.8 Å². The minimum Gasteiger partial charge on any atom is -0.446 e. The van der Waals surface area contributed by atoms with Crippen LogP contribution in [0.3, 0.4) is 0 Å². The number of primary amides is 1. The SMILES string of the molecule is CCCCC[C@@H]1N(C(=O)c2ccccc2C(N)=O)[C@]12C1C[C@H](C)OC(=O)N12. The molecule has 0 aliphatic carbocycles. The maximum absolute atomic E-state index is 13.3. The van der Waals surface area contributed by atoms with Gasteiger partial charge < -0.3 is 15.4 Å². The summed E-state index contributed by atoms with van der Waals surface area (Å²) in [5.74, 6) is -0.861. The largest absolute Gasteiger partial charge is 0.446 e. The molecule has 27 heavy (non-hydrogen) atoms. The Hall–Kier alpha value is -2.57. The Bertz CT molecular complexity index is 810. The van der Waals surface area contributed by atoms with E-state index < -0.39 is 11.6 Å². The number of carbonyl (C=O) groups excluding carboxylic acids is 3. The molecule has 144 valence electrons. The molecular weight excluding hydrogens is 346 g/mol. The van der Waals surface area contributed by atoms with E-state index >= 15 is 0 Å². The maximum atomic E-state index is 13.3. The summed E-state index contributed by atoms with van der Waals surface area (Å²) in [6.07, 6.45) is 4.23. The summed E-state index contributed by atoms with van der Waals surface area (Å²) in [6.45, 7) is 4.01. The van der Waals surface area contributed by atoms with Crippen LogP contribution in [0.1, 0.15) is 66.7 Å². The van der Waals surface area contributed by atoms with Crippen LogP contribution in [-0.4, -0.2) is 51.6 Å². The first-order valence-electron chi connectivity index (χ1n) is 9.67. The summed E-state index contributed by atoms with van der Waals surface area (Å²) < 4.78 is 5.36. The highest BCUT2D eigenvalue weighted by Gasteiger charge is 2.87. The van der Waals surface area contributed by atoms with Crippen molar-refractivity contribution in [1.82, 2.24) is 9.80 Å². The first-order valence-corrected chi connectivity index (χ1v) is 9.67. The quantitative estimate of drug-likeness (QED) is 0.614. The van der Waals surface area contributed by atoms with Crippen LogP contribution in [0.2, 0.25) is 0 Å². The first-order chi connectivity index (χ1) is 12.9. The predicted octanol–water partition coefficient (Wildman–Crippen LogP) is 2.50. The minimum atomic E-state index is -0.626. The second kappa shape index (κ2) is 6.25. The topological polar surface area (TPSA) is 92.5 Å². The number of nitrogens with zero attached hydrogens (tertiary/aromatic N) is 2. The highest BCUT2D eigenvalue weighted by molar-refractivity contribution is 6.08. The molecule has 3 amide bonds. The number of ether oxygens (including phenoxy) is 1. The van der Waals surface area contributed by atoms with Crippen molar-refractivity contribution in [2.75, 3.05) is 0 Å². The Labute approximate surface area is 158 Å². The molecule has 0 aromatic heterocycles. The third-order valence-corrected chi connectivity index (χ3v) is 6.02. The molecular formula is C20H25N3O4. The molecule has 1 aromatic carbocycles. The Balaban J connectivity index is 1.64. The molecule has 1 aromatic rings. The fourth-order valence-electron chi connectivity index (χ4n) is 4.76. The second-order valence-electron chi connectivity index (χ2n) is 7.70. The van der Waals surface area contributed by atoms with Crippen molar-refractivity contribution in [1.29, 1.82) is 0 Å². The van der Waals surface area contributed by atoms with Gasteiger partial charge in [-0.2, -0.15) is 0 Å². The number of carbonyl (C=O) groups is 3. The van der Waals surface area contributed by atoms with E-state index in [-0.39, 0.29) is 35.8 Å². The normalized spacial score (nSPS) is 30.7. The molecule has 1 unspecified atom stereocenters. The number of fused-ring (bicyclic) bond motifs is 3. The molecule has 3 heterocycles.